The van der Waals surface area contributed by atoms with Gasteiger partial charge in [0.25, 0.3) is 5.91 Å². The number of nitrogens with one attached hydrogen (secondary N) is 3. The summed E-state index contributed by atoms with van der Waals surface area (Å²) in [5, 5.41) is 9.58. The predicted octanol–water partition coefficient (Wildman–Crippen LogP) is 6.71. The molecule has 2 fully saturated rings. The maximum Gasteiger partial charge on any atom is 0.573 e. The molecule has 20 heteroatoms. The Morgan fingerprint density at radius 2 is 1.85 bits per heavy atom. The maximum absolute atomic E-state index is 14.8. The van der Waals surface area contributed by atoms with Crippen LogP contribution in [0, 0.1) is 11.3 Å². The first-order valence-electron chi connectivity index (χ1n) is 18.8. The molecule has 1 aliphatic carbocycles. The van der Waals surface area contributed by atoms with Gasteiger partial charge in [-0.15, -0.1) is 31.1 Å². The van der Waals surface area contributed by atoms with E-state index in [1.54, 1.807) is 30.5 Å². The van der Waals surface area contributed by atoms with Gasteiger partial charge in [-0.25, -0.2) is 18.4 Å². The number of sulfonamides is 1. The largest absolute Gasteiger partial charge is 0.573 e. The van der Waals surface area contributed by atoms with E-state index >= 15 is 0 Å². The van der Waals surface area contributed by atoms with Crippen LogP contribution in [-0.2, 0) is 24.4 Å². The summed E-state index contributed by atoms with van der Waals surface area (Å²) < 4.78 is 81.3. The van der Waals surface area contributed by atoms with Crippen molar-refractivity contribution >= 4 is 66.6 Å². The first-order valence-corrected chi connectivity index (χ1v) is 21.7. The third-order valence-electron chi connectivity index (χ3n) is 10.2. The molecule has 0 radical (unpaired) electrons. The molecular formula is C40H44ClF3N6O8S2. The van der Waals surface area contributed by atoms with Crippen LogP contribution in [0.5, 0.6) is 17.4 Å². The molecule has 1 saturated carbocycles. The standard InChI is InChI=1S/C40H44ClF3N6O8S2/c1-7-15-60(54,55)49-36(53)39(18-23(39)8-2)48-33(51)30-17-26(57-34-28-16-24(41)11-14-27(28)31(56-6)19-45-34)20-50(30)35(52)32(38(3,4)5)47-37-46-29(21-59-37)22-9-12-25(13-10-22)58-40(42,43)44/h8-14,16,19,21,23,26,30,32H,2,7,15,17-18,20H2,1,3-6H3,(H,46,47)(H,48,51)(H,49,53)/t23-,26-,30+,32-,39-/m1/s1. The molecule has 3 N–H and O–H groups in total. The smallest absolute Gasteiger partial charge is 0.494 e. The Kier molecular flexibility index (Phi) is 12.6. The molecule has 60 heavy (non-hydrogen) atoms. The SMILES string of the molecule is C=C[C@@H]1C[C@]1(NC(=O)[C@@H]1C[C@@H](Oc2ncc(OC)c3ccc(Cl)cc23)CN1C(=O)[C@@H](Nc1nc(-c2ccc(OC(F)(F)F)cc2)cs1)C(C)(C)C)C(=O)NS(=O)(=O)CCC. The van der Waals surface area contributed by atoms with E-state index in [1.807, 2.05) is 20.8 Å². The topological polar surface area (TPSA) is 178 Å². The van der Waals surface area contributed by atoms with Gasteiger partial charge in [0.2, 0.25) is 27.7 Å². The van der Waals surface area contributed by atoms with E-state index in [2.05, 4.69) is 36.6 Å². The summed E-state index contributed by atoms with van der Waals surface area (Å²) in [5.41, 5.74) is -1.47. The molecule has 3 amide bonds. The normalized spacial score (nSPS) is 20.9. The summed E-state index contributed by atoms with van der Waals surface area (Å²) in [7, 11) is -2.49. The number of pyridine rings is 1. The number of fused-ring (bicyclic) bond motifs is 1. The molecule has 14 nitrogen and oxygen atoms in total. The van der Waals surface area contributed by atoms with Gasteiger partial charge in [-0.2, -0.15) is 0 Å². The Morgan fingerprint density at radius 3 is 2.47 bits per heavy atom. The van der Waals surface area contributed by atoms with Gasteiger partial charge in [0.1, 0.15) is 35.2 Å². The highest BCUT2D eigenvalue weighted by atomic mass is 35.5. The summed E-state index contributed by atoms with van der Waals surface area (Å²) in [6.07, 6.45) is -2.38. The van der Waals surface area contributed by atoms with Crippen molar-refractivity contribution in [2.45, 2.75) is 77.0 Å². The van der Waals surface area contributed by atoms with Crippen LogP contribution in [0.25, 0.3) is 22.0 Å². The Morgan fingerprint density at radius 1 is 1.13 bits per heavy atom. The fourth-order valence-corrected chi connectivity index (χ4v) is 9.11. The minimum atomic E-state index is -4.84. The molecule has 1 aliphatic heterocycles. The number of carbonyl (C=O) groups excluding carboxylic acids is 3. The van der Waals surface area contributed by atoms with Crippen molar-refractivity contribution < 1.29 is 50.2 Å². The molecule has 2 aromatic carbocycles. The van der Waals surface area contributed by atoms with Gasteiger partial charge >= 0.3 is 6.36 Å². The van der Waals surface area contributed by atoms with Crippen molar-refractivity contribution in [3.63, 3.8) is 0 Å². The van der Waals surface area contributed by atoms with Gasteiger partial charge in [-0.3, -0.25) is 19.1 Å². The third-order valence-corrected chi connectivity index (χ3v) is 12.6. The molecule has 0 bridgehead atoms. The second-order valence-electron chi connectivity index (χ2n) is 15.6. The Bertz CT molecular complexity index is 2390. The van der Waals surface area contributed by atoms with Crippen molar-refractivity contribution in [2.24, 2.45) is 11.3 Å². The number of likely N-dealkylation sites (tertiary alicyclic amines) is 1. The van der Waals surface area contributed by atoms with Crippen LogP contribution in [0.1, 0.15) is 47.0 Å². The molecule has 3 heterocycles. The van der Waals surface area contributed by atoms with Crippen molar-refractivity contribution in [2.75, 3.05) is 24.7 Å². The number of nitrogens with zero attached hydrogens (tertiary/aromatic N) is 3. The monoisotopic (exact) mass is 892 g/mol. The fraction of sp³-hybridized carbons (Fsp3) is 0.425. The molecule has 5 atom stereocenters. The molecule has 2 aliphatic rings. The number of anilines is 1. The van der Waals surface area contributed by atoms with Gasteiger partial charge in [-0.05, 0) is 60.7 Å². The average molecular weight is 893 g/mol. The number of methoxy groups -OCH3 is 1. The first kappa shape index (κ1) is 44.4. The summed E-state index contributed by atoms with van der Waals surface area (Å²) >= 11 is 7.52. The number of alkyl halides is 3. The first-order chi connectivity index (χ1) is 28.2. The van der Waals surface area contributed by atoms with E-state index in [1.165, 1.54) is 59.9 Å². The summed E-state index contributed by atoms with van der Waals surface area (Å²) in [6, 6.07) is 8.11. The molecule has 4 aromatic rings. The summed E-state index contributed by atoms with van der Waals surface area (Å²) in [4.78, 5) is 53.2. The fourth-order valence-electron chi connectivity index (χ4n) is 7.08. The van der Waals surface area contributed by atoms with Gasteiger partial charge < -0.3 is 29.7 Å². The van der Waals surface area contributed by atoms with Crippen LogP contribution in [0.15, 0.2) is 66.7 Å². The molecular weight excluding hydrogens is 849 g/mol. The van der Waals surface area contributed by atoms with E-state index < -0.39 is 69.2 Å². The second-order valence-corrected chi connectivity index (χ2v) is 18.8. The average Bonchev–Trinajstić information content (AvgIpc) is 3.44. The van der Waals surface area contributed by atoms with E-state index in [4.69, 9.17) is 21.1 Å². The highest BCUT2D eigenvalue weighted by Gasteiger charge is 2.61. The van der Waals surface area contributed by atoms with Crippen molar-refractivity contribution in [1.29, 1.82) is 0 Å². The van der Waals surface area contributed by atoms with Crippen LogP contribution in [0.2, 0.25) is 5.02 Å². The molecule has 322 valence electrons. The summed E-state index contributed by atoms with van der Waals surface area (Å²) in [5.74, 6) is -2.73. The number of halogens is 4. The van der Waals surface area contributed by atoms with Crippen molar-refractivity contribution in [3.05, 3.63) is 71.7 Å². The Balaban J connectivity index is 1.30. The van der Waals surface area contributed by atoms with Gasteiger partial charge in [0.05, 0.1) is 31.3 Å². The molecule has 0 spiro atoms. The molecule has 2 aromatic heterocycles. The lowest BCUT2D eigenvalue weighted by Gasteiger charge is -2.35. The van der Waals surface area contributed by atoms with E-state index in [0.29, 0.717) is 37.9 Å². The number of hydrogen-bond donors (Lipinski definition) is 3. The van der Waals surface area contributed by atoms with E-state index in [-0.39, 0.29) is 43.2 Å². The molecule has 1 saturated heterocycles. The quantitative estimate of drug-likeness (QED) is 0.108. The zero-order valence-corrected chi connectivity index (χ0v) is 35.7. The van der Waals surface area contributed by atoms with E-state index in [0.717, 1.165) is 0 Å². The second kappa shape index (κ2) is 17.1. The number of carbonyl (C=O) groups is 3. The zero-order chi connectivity index (χ0) is 43.8. The van der Waals surface area contributed by atoms with Crippen LogP contribution >= 0.6 is 22.9 Å². The number of thiazole rings is 1. The van der Waals surface area contributed by atoms with Gasteiger partial charge in [0, 0.05) is 39.1 Å². The number of hydrogen-bond acceptors (Lipinski definition) is 12. The molecule has 0 unspecified atom stereocenters. The minimum absolute atomic E-state index is 0.0375. The minimum Gasteiger partial charge on any atom is -0.494 e. The van der Waals surface area contributed by atoms with Crippen molar-refractivity contribution in [1.82, 2.24) is 24.9 Å². The van der Waals surface area contributed by atoms with Crippen LogP contribution in [0.4, 0.5) is 18.3 Å². The van der Waals surface area contributed by atoms with Crippen LogP contribution in [0.3, 0.4) is 0 Å². The third kappa shape index (κ3) is 9.90. The van der Waals surface area contributed by atoms with Crippen LogP contribution < -0.4 is 29.6 Å². The maximum atomic E-state index is 14.8. The van der Waals surface area contributed by atoms with Crippen molar-refractivity contribution in [3.8, 4) is 28.6 Å². The lowest BCUT2D eigenvalue weighted by Crippen LogP contribution is -2.58. The van der Waals surface area contributed by atoms with Crippen LogP contribution in [-0.4, -0.2) is 90.5 Å². The lowest BCUT2D eigenvalue weighted by atomic mass is 9.85. The highest BCUT2D eigenvalue weighted by molar-refractivity contribution is 7.90. The molecule has 6 rings (SSSR count). The Hall–Kier alpha value is -5.14. The Labute approximate surface area is 353 Å². The number of amides is 3. The lowest BCUT2D eigenvalue weighted by molar-refractivity contribution is -0.274. The number of rotatable bonds is 15. The highest BCUT2D eigenvalue weighted by Crippen LogP contribution is 2.45. The summed E-state index contributed by atoms with van der Waals surface area (Å²) in [6.45, 7) is 10.8. The number of aromatic nitrogens is 2. The zero-order valence-electron chi connectivity index (χ0n) is 33.3. The number of benzene rings is 2. The van der Waals surface area contributed by atoms with Gasteiger partial charge in [-0.1, -0.05) is 45.4 Å². The predicted molar refractivity (Wildman–Crippen MR) is 220 cm³/mol. The van der Waals surface area contributed by atoms with Gasteiger partial charge in [0.15, 0.2) is 5.13 Å². The number of ether oxygens (including phenoxy) is 3. The van der Waals surface area contributed by atoms with E-state index in [9.17, 15) is 36.0 Å².